The number of rotatable bonds is 1. The average Bonchev–Trinajstić information content (AvgIpc) is 1.69. The predicted octanol–water partition coefficient (Wildman–Crippen LogP) is 0.947. The van der Waals surface area contributed by atoms with Crippen LogP contribution in [0.1, 0.15) is 27.2 Å². The first-order valence-corrected chi connectivity index (χ1v) is 2.99. The Labute approximate surface area is 51.7 Å². The van der Waals surface area contributed by atoms with Gasteiger partial charge in [0.2, 0.25) is 0 Å². The Morgan fingerprint density at radius 2 is 1.62 bits per heavy atom. The molecule has 2 heteroatoms. The first kappa shape index (κ1) is 10.8. The van der Waals surface area contributed by atoms with Gasteiger partial charge in [0, 0.05) is 0 Å². The topological polar surface area (TPSA) is 46.2 Å². The van der Waals surface area contributed by atoms with Crippen LogP contribution in [0.25, 0.3) is 0 Å². The van der Waals surface area contributed by atoms with Crippen molar-refractivity contribution in [1.82, 2.24) is 0 Å². The lowest BCUT2D eigenvalue weighted by atomic mass is 10.2. The van der Waals surface area contributed by atoms with E-state index in [1.54, 1.807) is 0 Å². The van der Waals surface area contributed by atoms with Gasteiger partial charge in [0.05, 0.1) is 6.73 Å². The summed E-state index contributed by atoms with van der Waals surface area (Å²) in [7, 11) is 0. The van der Waals surface area contributed by atoms with Crippen LogP contribution in [-0.2, 0) is 0 Å². The van der Waals surface area contributed by atoms with E-state index in [-0.39, 0.29) is 6.73 Å². The summed E-state index contributed by atoms with van der Waals surface area (Å²) in [5, 5.41) is 7.35. The molecular weight excluding hydrogens is 102 g/mol. The van der Waals surface area contributed by atoms with E-state index in [4.69, 9.17) is 5.11 Å². The first-order valence-electron chi connectivity index (χ1n) is 2.99. The van der Waals surface area contributed by atoms with Gasteiger partial charge < -0.3 is 10.8 Å². The van der Waals surface area contributed by atoms with Gasteiger partial charge in [-0.1, -0.05) is 27.2 Å². The van der Waals surface area contributed by atoms with Crippen LogP contribution in [0.3, 0.4) is 0 Å². The Morgan fingerprint density at radius 3 is 1.62 bits per heavy atom. The SMILES string of the molecule is CCC(C)C.NCO. The molecule has 2 nitrogen and oxygen atoms in total. The third-order valence-corrected chi connectivity index (χ3v) is 0.816. The highest BCUT2D eigenvalue weighted by molar-refractivity contribution is 4.32. The highest BCUT2D eigenvalue weighted by atomic mass is 16.3. The van der Waals surface area contributed by atoms with Crippen LogP contribution in [0, 0.1) is 5.92 Å². The third-order valence-electron chi connectivity index (χ3n) is 0.816. The number of aliphatic hydroxyl groups is 1. The molecular formula is C6H17NO. The molecule has 0 saturated heterocycles. The molecule has 0 aromatic carbocycles. The van der Waals surface area contributed by atoms with Crippen LogP contribution in [0.4, 0.5) is 0 Å². The lowest BCUT2D eigenvalue weighted by Gasteiger charge is -1.90. The summed E-state index contributed by atoms with van der Waals surface area (Å²) in [5.74, 6) is 0.884. The van der Waals surface area contributed by atoms with Crippen LogP contribution in [0.5, 0.6) is 0 Å². The lowest BCUT2D eigenvalue weighted by Crippen LogP contribution is -1.92. The summed E-state index contributed by atoms with van der Waals surface area (Å²) < 4.78 is 0. The second-order valence-electron chi connectivity index (χ2n) is 1.98. The number of nitrogens with two attached hydrogens (primary N) is 1. The van der Waals surface area contributed by atoms with E-state index in [0.29, 0.717) is 0 Å². The third kappa shape index (κ3) is 38.9. The Kier molecular flexibility index (Phi) is 13.6. The molecule has 0 radical (unpaired) electrons. The molecule has 0 amide bonds. The largest absolute Gasteiger partial charge is 0.382 e. The van der Waals surface area contributed by atoms with Gasteiger partial charge >= 0.3 is 0 Å². The minimum Gasteiger partial charge on any atom is -0.382 e. The zero-order valence-electron chi connectivity index (χ0n) is 6.02. The molecule has 0 atom stereocenters. The predicted molar refractivity (Wildman–Crippen MR) is 36.4 cm³/mol. The van der Waals surface area contributed by atoms with Crippen molar-refractivity contribution in [2.24, 2.45) is 11.7 Å². The molecule has 0 aliphatic carbocycles. The van der Waals surface area contributed by atoms with Crippen LogP contribution in [0.2, 0.25) is 0 Å². The summed E-state index contributed by atoms with van der Waals surface area (Å²) in [6.07, 6.45) is 1.31. The zero-order valence-corrected chi connectivity index (χ0v) is 6.02. The van der Waals surface area contributed by atoms with Gasteiger partial charge in [-0.05, 0) is 5.92 Å². The summed E-state index contributed by atoms with van der Waals surface area (Å²) in [6, 6.07) is 0. The normalized spacial score (nSPS) is 8.25. The summed E-state index contributed by atoms with van der Waals surface area (Å²) >= 11 is 0. The molecule has 0 heterocycles. The summed E-state index contributed by atoms with van der Waals surface area (Å²) in [6.45, 7) is 6.39. The van der Waals surface area contributed by atoms with Crippen molar-refractivity contribution in [3.8, 4) is 0 Å². The highest BCUT2D eigenvalue weighted by Gasteiger charge is 1.80. The van der Waals surface area contributed by atoms with E-state index in [9.17, 15) is 0 Å². The first-order chi connectivity index (χ1) is 3.68. The maximum atomic E-state index is 7.35. The van der Waals surface area contributed by atoms with Crippen molar-refractivity contribution < 1.29 is 5.11 Å². The van der Waals surface area contributed by atoms with Crippen molar-refractivity contribution in [1.29, 1.82) is 0 Å². The molecule has 0 fully saturated rings. The molecule has 3 N–H and O–H groups in total. The van der Waals surface area contributed by atoms with Gasteiger partial charge in [-0.2, -0.15) is 0 Å². The molecule has 0 unspecified atom stereocenters. The second kappa shape index (κ2) is 10.0. The monoisotopic (exact) mass is 119 g/mol. The standard InChI is InChI=1S/C5H12.CH5NO/c1-4-5(2)3;2-1-3/h5H,4H2,1-3H3;3H,1-2H2. The number of hydrogen-bond acceptors (Lipinski definition) is 2. The van der Waals surface area contributed by atoms with Crippen LogP contribution in [-0.4, -0.2) is 11.8 Å². The fraction of sp³-hybridized carbons (Fsp3) is 1.00. The summed E-state index contributed by atoms with van der Waals surface area (Å²) in [5.41, 5.74) is 4.40. The Morgan fingerprint density at radius 1 is 1.50 bits per heavy atom. The van der Waals surface area contributed by atoms with Gasteiger partial charge in [-0.3, -0.25) is 0 Å². The Hall–Kier alpha value is -0.0800. The Bertz CT molecular complexity index is 29.7. The van der Waals surface area contributed by atoms with Gasteiger partial charge in [-0.15, -0.1) is 0 Å². The smallest absolute Gasteiger partial charge is 0.0906 e. The molecule has 0 spiro atoms. The molecule has 0 bridgehead atoms. The van der Waals surface area contributed by atoms with E-state index in [1.807, 2.05) is 0 Å². The molecule has 0 aliphatic rings. The van der Waals surface area contributed by atoms with Gasteiger partial charge in [0.1, 0.15) is 0 Å². The molecule has 8 heavy (non-hydrogen) atoms. The van der Waals surface area contributed by atoms with E-state index >= 15 is 0 Å². The van der Waals surface area contributed by atoms with Crippen LogP contribution >= 0.6 is 0 Å². The molecule has 0 aromatic rings. The maximum Gasteiger partial charge on any atom is 0.0906 e. The summed E-state index contributed by atoms with van der Waals surface area (Å²) in [4.78, 5) is 0. The molecule has 0 aromatic heterocycles. The van der Waals surface area contributed by atoms with Gasteiger partial charge in [-0.25, -0.2) is 0 Å². The van der Waals surface area contributed by atoms with Crippen molar-refractivity contribution in [3.63, 3.8) is 0 Å². The highest BCUT2D eigenvalue weighted by Crippen LogP contribution is 1.93. The Balaban J connectivity index is 0. The van der Waals surface area contributed by atoms with Crippen molar-refractivity contribution in [2.75, 3.05) is 6.73 Å². The maximum absolute atomic E-state index is 7.35. The molecule has 0 aliphatic heterocycles. The van der Waals surface area contributed by atoms with E-state index in [1.165, 1.54) is 6.42 Å². The minimum atomic E-state index is -0.250. The van der Waals surface area contributed by atoms with Gasteiger partial charge in [0.15, 0.2) is 0 Å². The van der Waals surface area contributed by atoms with E-state index < -0.39 is 0 Å². The van der Waals surface area contributed by atoms with E-state index in [0.717, 1.165) is 5.92 Å². The van der Waals surface area contributed by atoms with Crippen LogP contribution < -0.4 is 5.73 Å². The molecule has 0 rings (SSSR count). The van der Waals surface area contributed by atoms with Crippen molar-refractivity contribution in [3.05, 3.63) is 0 Å². The quantitative estimate of drug-likeness (QED) is 0.505. The number of hydrogen-bond donors (Lipinski definition) is 2. The number of aliphatic hydroxyl groups excluding tert-OH is 1. The van der Waals surface area contributed by atoms with Crippen molar-refractivity contribution >= 4 is 0 Å². The second-order valence-corrected chi connectivity index (χ2v) is 1.98. The fourth-order valence-electron chi connectivity index (χ4n) is 0. The minimum absolute atomic E-state index is 0.250. The van der Waals surface area contributed by atoms with Crippen LogP contribution in [0.15, 0.2) is 0 Å². The lowest BCUT2D eigenvalue weighted by molar-refractivity contribution is 0.307. The molecule has 0 saturated carbocycles. The van der Waals surface area contributed by atoms with E-state index in [2.05, 4.69) is 26.5 Å². The molecule has 52 valence electrons. The zero-order chi connectivity index (χ0) is 6.99. The average molecular weight is 119 g/mol. The fourth-order valence-corrected chi connectivity index (χ4v) is 0. The van der Waals surface area contributed by atoms with Crippen molar-refractivity contribution in [2.45, 2.75) is 27.2 Å². The van der Waals surface area contributed by atoms with Gasteiger partial charge in [0.25, 0.3) is 0 Å².